The van der Waals surface area contributed by atoms with Crippen LogP contribution in [0.5, 0.6) is 0 Å². The van der Waals surface area contributed by atoms with Gasteiger partial charge in [0.05, 0.1) is 10.2 Å². The minimum atomic E-state index is -0.313. The zero-order chi connectivity index (χ0) is 20.5. The Bertz CT molecular complexity index is 1360. The smallest absolute Gasteiger partial charge is 0.293 e. The van der Waals surface area contributed by atoms with Gasteiger partial charge in [-0.2, -0.15) is 0 Å². The molecule has 0 fully saturated rings. The van der Waals surface area contributed by atoms with Crippen LogP contribution >= 0.6 is 23.1 Å². The van der Waals surface area contributed by atoms with Crippen molar-refractivity contribution in [1.82, 2.24) is 15.0 Å². The van der Waals surface area contributed by atoms with E-state index in [9.17, 15) is 4.79 Å². The van der Waals surface area contributed by atoms with Crippen molar-refractivity contribution in [1.29, 1.82) is 0 Å². The largest absolute Gasteiger partial charge is 0.451 e. The van der Waals surface area contributed by atoms with Crippen molar-refractivity contribution in [2.75, 3.05) is 5.32 Å². The number of carbonyl (C=O) groups is 1. The molecule has 148 valence electrons. The van der Waals surface area contributed by atoms with E-state index in [-0.39, 0.29) is 11.7 Å². The van der Waals surface area contributed by atoms with Crippen molar-refractivity contribution in [3.05, 3.63) is 77.8 Å². The number of fused-ring (bicyclic) bond motifs is 2. The normalized spacial score (nSPS) is 11.2. The molecule has 0 saturated carbocycles. The van der Waals surface area contributed by atoms with Gasteiger partial charge in [-0.25, -0.2) is 15.0 Å². The molecule has 3 heterocycles. The van der Waals surface area contributed by atoms with Gasteiger partial charge in [-0.15, -0.1) is 0 Å². The molecule has 8 heteroatoms. The highest BCUT2D eigenvalue weighted by atomic mass is 32.2. The summed E-state index contributed by atoms with van der Waals surface area (Å²) in [5.41, 5.74) is 3.47. The lowest BCUT2D eigenvalue weighted by atomic mass is 10.1. The minimum absolute atomic E-state index is 0.288. The molecule has 1 N–H and O–H groups in total. The van der Waals surface area contributed by atoms with Crippen molar-refractivity contribution < 1.29 is 9.21 Å². The molecule has 5 aromatic rings. The summed E-state index contributed by atoms with van der Waals surface area (Å²) < 4.78 is 6.96. The van der Waals surface area contributed by atoms with Gasteiger partial charge in [-0.1, -0.05) is 53.4 Å². The number of benzene rings is 2. The zero-order valence-corrected chi connectivity index (χ0v) is 17.6. The number of anilines is 1. The molecule has 5 rings (SSSR count). The molecule has 0 spiro atoms. The molecular formula is C22H16N4O2S2. The van der Waals surface area contributed by atoms with E-state index in [2.05, 4.69) is 20.3 Å². The van der Waals surface area contributed by atoms with Crippen molar-refractivity contribution >= 4 is 55.3 Å². The number of nitrogens with one attached hydrogen (secondary N) is 1. The van der Waals surface area contributed by atoms with Gasteiger partial charge in [-0.3, -0.25) is 10.1 Å². The van der Waals surface area contributed by atoms with Crippen LogP contribution in [0.4, 0.5) is 5.13 Å². The molecule has 1 amide bonds. The topological polar surface area (TPSA) is 80.9 Å². The SMILES string of the molecule is Cc1cccc2sc(NC(=O)c3oc4ccccc4c3CSc3ncccn3)nc12. The van der Waals surface area contributed by atoms with Gasteiger partial charge in [0.15, 0.2) is 16.0 Å². The van der Waals surface area contributed by atoms with Gasteiger partial charge in [0.2, 0.25) is 0 Å². The lowest BCUT2D eigenvalue weighted by Crippen LogP contribution is -2.12. The van der Waals surface area contributed by atoms with E-state index in [0.29, 0.717) is 21.6 Å². The fraction of sp³-hybridized carbons (Fsp3) is 0.0909. The number of furan rings is 1. The molecule has 0 aliphatic rings. The Morgan fingerprint density at radius 2 is 1.93 bits per heavy atom. The summed E-state index contributed by atoms with van der Waals surface area (Å²) in [4.78, 5) is 26.2. The highest BCUT2D eigenvalue weighted by Crippen LogP contribution is 2.33. The fourth-order valence-corrected chi connectivity index (χ4v) is 4.99. The predicted molar refractivity (Wildman–Crippen MR) is 120 cm³/mol. The van der Waals surface area contributed by atoms with E-state index in [0.717, 1.165) is 26.7 Å². The van der Waals surface area contributed by atoms with Gasteiger partial charge in [0.25, 0.3) is 5.91 Å². The number of hydrogen-bond acceptors (Lipinski definition) is 7. The molecule has 30 heavy (non-hydrogen) atoms. The molecule has 0 bridgehead atoms. The number of nitrogens with zero attached hydrogens (tertiary/aromatic N) is 3. The molecule has 0 aliphatic carbocycles. The van der Waals surface area contributed by atoms with Crippen LogP contribution in [0.25, 0.3) is 21.2 Å². The number of hydrogen-bond donors (Lipinski definition) is 1. The van der Waals surface area contributed by atoms with Crippen LogP contribution in [-0.4, -0.2) is 20.9 Å². The Hall–Kier alpha value is -3.23. The van der Waals surface area contributed by atoms with E-state index < -0.39 is 0 Å². The molecule has 2 aromatic carbocycles. The predicted octanol–water partition coefficient (Wildman–Crippen LogP) is 5.69. The highest BCUT2D eigenvalue weighted by Gasteiger charge is 2.22. The number of carbonyl (C=O) groups excluding carboxylic acids is 1. The summed E-state index contributed by atoms with van der Waals surface area (Å²) >= 11 is 2.91. The third-order valence-corrected chi connectivity index (χ3v) is 6.47. The fourth-order valence-electron chi connectivity index (χ4n) is 3.22. The van der Waals surface area contributed by atoms with E-state index >= 15 is 0 Å². The van der Waals surface area contributed by atoms with E-state index in [1.165, 1.54) is 23.1 Å². The molecule has 6 nitrogen and oxygen atoms in total. The Balaban J connectivity index is 1.47. The van der Waals surface area contributed by atoms with Crippen LogP contribution in [0.15, 0.2) is 70.5 Å². The van der Waals surface area contributed by atoms with Crippen molar-refractivity contribution in [2.24, 2.45) is 0 Å². The van der Waals surface area contributed by atoms with E-state index in [1.54, 1.807) is 18.5 Å². The standard InChI is InChI=1S/C22H16N4O2S2/c1-13-6-4-9-17-18(13)25-22(30-17)26-20(27)19-15(12-29-21-23-10-5-11-24-21)14-7-2-3-8-16(14)28-19/h2-11H,12H2,1H3,(H,25,26,27). The number of rotatable bonds is 5. The molecule has 0 saturated heterocycles. The summed E-state index contributed by atoms with van der Waals surface area (Å²) in [6.45, 7) is 2.01. The van der Waals surface area contributed by atoms with Crippen LogP contribution in [0, 0.1) is 6.92 Å². The molecule has 0 radical (unpaired) electrons. The van der Waals surface area contributed by atoms with Gasteiger partial charge in [0, 0.05) is 29.1 Å². The third kappa shape index (κ3) is 3.55. The number of thiazole rings is 1. The summed E-state index contributed by atoms with van der Waals surface area (Å²) in [5.74, 6) is 0.492. The summed E-state index contributed by atoms with van der Waals surface area (Å²) in [5, 5.41) is 5.02. The van der Waals surface area contributed by atoms with Gasteiger partial charge in [-0.05, 0) is 30.7 Å². The number of aromatic nitrogens is 3. The lowest BCUT2D eigenvalue weighted by molar-refractivity contribution is 0.0998. The Labute approximate surface area is 180 Å². The van der Waals surface area contributed by atoms with Crippen molar-refractivity contribution in [2.45, 2.75) is 17.8 Å². The first-order valence-electron chi connectivity index (χ1n) is 9.27. The Morgan fingerprint density at radius 1 is 1.10 bits per heavy atom. The maximum atomic E-state index is 13.1. The van der Waals surface area contributed by atoms with Crippen molar-refractivity contribution in [3.8, 4) is 0 Å². The van der Waals surface area contributed by atoms with Crippen molar-refractivity contribution in [3.63, 3.8) is 0 Å². The molecule has 3 aromatic heterocycles. The second-order valence-corrected chi connectivity index (χ2v) is 8.59. The average molecular weight is 433 g/mol. The summed E-state index contributed by atoms with van der Waals surface area (Å²) in [7, 11) is 0. The maximum absolute atomic E-state index is 13.1. The van der Waals surface area contributed by atoms with Crippen LogP contribution < -0.4 is 5.32 Å². The number of amides is 1. The monoisotopic (exact) mass is 432 g/mol. The van der Waals surface area contributed by atoms with Crippen LogP contribution in [0.1, 0.15) is 21.7 Å². The third-order valence-electron chi connectivity index (χ3n) is 4.63. The van der Waals surface area contributed by atoms with Crippen LogP contribution in [-0.2, 0) is 5.75 Å². The molecule has 0 aliphatic heterocycles. The second-order valence-electron chi connectivity index (χ2n) is 6.62. The lowest BCUT2D eigenvalue weighted by Gasteiger charge is -2.03. The van der Waals surface area contributed by atoms with Gasteiger partial charge >= 0.3 is 0 Å². The Kier molecular flexibility index (Phi) is 4.94. The highest BCUT2D eigenvalue weighted by molar-refractivity contribution is 7.98. The maximum Gasteiger partial charge on any atom is 0.293 e. The van der Waals surface area contributed by atoms with Gasteiger partial charge in [0.1, 0.15) is 5.58 Å². The number of thioether (sulfide) groups is 1. The minimum Gasteiger partial charge on any atom is -0.451 e. The van der Waals surface area contributed by atoms with Crippen LogP contribution in [0.2, 0.25) is 0 Å². The van der Waals surface area contributed by atoms with Gasteiger partial charge < -0.3 is 4.42 Å². The summed E-state index contributed by atoms with van der Waals surface area (Å²) in [6.07, 6.45) is 3.40. The second kappa shape index (κ2) is 7.89. The Morgan fingerprint density at radius 3 is 2.77 bits per heavy atom. The zero-order valence-electron chi connectivity index (χ0n) is 16.0. The first kappa shape index (κ1) is 18.8. The first-order chi connectivity index (χ1) is 14.7. The quantitative estimate of drug-likeness (QED) is 0.284. The van der Waals surface area contributed by atoms with E-state index in [1.807, 2.05) is 49.4 Å². The van der Waals surface area contributed by atoms with E-state index in [4.69, 9.17) is 4.42 Å². The average Bonchev–Trinajstić information content (AvgIpc) is 3.35. The molecule has 0 unspecified atom stereocenters. The molecule has 0 atom stereocenters. The van der Waals surface area contributed by atoms with Crippen LogP contribution in [0.3, 0.4) is 0 Å². The first-order valence-corrected chi connectivity index (χ1v) is 11.1. The number of para-hydroxylation sites is 2. The molecular weight excluding hydrogens is 416 g/mol. The summed E-state index contributed by atoms with van der Waals surface area (Å²) in [6, 6.07) is 15.4. The number of aryl methyl sites for hydroxylation is 1.